The van der Waals surface area contributed by atoms with Crippen LogP contribution in [0.2, 0.25) is 0 Å². The van der Waals surface area contributed by atoms with Gasteiger partial charge >= 0.3 is 0 Å². The molecule has 0 atom stereocenters. The molecule has 0 spiro atoms. The summed E-state index contributed by atoms with van der Waals surface area (Å²) in [4.78, 5) is 4.90. The van der Waals surface area contributed by atoms with Crippen LogP contribution >= 0.6 is 0 Å². The van der Waals surface area contributed by atoms with E-state index in [1.165, 1.54) is 88.7 Å². The molecule has 3 nitrogen and oxygen atoms in total. The van der Waals surface area contributed by atoms with Gasteiger partial charge in [0.05, 0.1) is 22.2 Å². The standard InChI is InChI=1S/C53H39N3/c1-34(36-15-5-3-6-16-36)54-35(2)37-25-27-38(28-26-37)45-33-46-42-20-10-9-17-39(42)31-48(46)53-52(45)44-22-12-14-24-50(44)56(53)41-29-30-51-47(32-41)43-21-11-13-23-49(43)55(51)40-18-7-4-8-19-40/h3-13,15-23,25-30,32-33H,2,14,24,31H2,1H3. The SMILES string of the molecule is C=C(N=C(C)c1ccccc1)c1ccc(-c2cc3c(c4c2c2c(n4-c4ccc5c(c4)c4ccccc4n5-c4ccccc4)CCC=C2)Cc2ccccc2-3)cc1. The highest BCUT2D eigenvalue weighted by Gasteiger charge is 2.30. The largest absolute Gasteiger partial charge is 0.313 e. The van der Waals surface area contributed by atoms with E-state index in [0.717, 1.165) is 41.8 Å². The Morgan fingerprint density at radius 3 is 2.18 bits per heavy atom. The van der Waals surface area contributed by atoms with Crippen molar-refractivity contribution in [3.05, 3.63) is 204 Å². The fraction of sp³-hybridized carbons (Fsp3) is 0.0755. The second-order valence-corrected chi connectivity index (χ2v) is 15.1. The third kappa shape index (κ3) is 5.01. The fourth-order valence-electron chi connectivity index (χ4n) is 9.34. The molecule has 0 N–H and O–H groups in total. The van der Waals surface area contributed by atoms with Crippen molar-refractivity contribution in [2.75, 3.05) is 0 Å². The molecule has 2 aromatic heterocycles. The quantitative estimate of drug-likeness (QED) is 0.153. The number of aromatic nitrogens is 2. The second-order valence-electron chi connectivity index (χ2n) is 15.1. The molecule has 0 unspecified atom stereocenters. The number of fused-ring (bicyclic) bond motifs is 10. The van der Waals surface area contributed by atoms with E-state index >= 15 is 0 Å². The van der Waals surface area contributed by atoms with Crippen LogP contribution in [0.4, 0.5) is 0 Å². The lowest BCUT2D eigenvalue weighted by Gasteiger charge is -2.16. The lowest BCUT2D eigenvalue weighted by molar-refractivity contribution is 0.887. The Balaban J connectivity index is 1.13. The normalized spacial score (nSPS) is 13.3. The molecule has 0 amide bonds. The number of hydrogen-bond acceptors (Lipinski definition) is 1. The van der Waals surface area contributed by atoms with E-state index in [1.54, 1.807) is 0 Å². The smallest absolute Gasteiger partial charge is 0.0633 e. The zero-order valence-corrected chi connectivity index (χ0v) is 31.3. The molecular weight excluding hydrogens is 679 g/mol. The first-order chi connectivity index (χ1) is 27.6. The Labute approximate surface area is 326 Å². The van der Waals surface area contributed by atoms with E-state index in [0.29, 0.717) is 0 Å². The number of rotatable bonds is 6. The van der Waals surface area contributed by atoms with Crippen LogP contribution < -0.4 is 0 Å². The van der Waals surface area contributed by atoms with Gasteiger partial charge in [0.15, 0.2) is 0 Å². The summed E-state index contributed by atoms with van der Waals surface area (Å²) in [6.45, 7) is 6.42. The van der Waals surface area contributed by atoms with Crippen molar-refractivity contribution >= 4 is 50.2 Å². The maximum absolute atomic E-state index is 4.90. The minimum absolute atomic E-state index is 0.765. The highest BCUT2D eigenvalue weighted by Crippen LogP contribution is 2.49. The van der Waals surface area contributed by atoms with Gasteiger partial charge in [0.1, 0.15) is 0 Å². The van der Waals surface area contributed by atoms with Crippen molar-refractivity contribution in [2.24, 2.45) is 4.99 Å². The zero-order chi connectivity index (χ0) is 37.3. The van der Waals surface area contributed by atoms with Gasteiger partial charge in [-0.15, -0.1) is 0 Å². The number of allylic oxidation sites excluding steroid dienone is 1. The number of nitrogens with zero attached hydrogens (tertiary/aromatic N) is 3. The van der Waals surface area contributed by atoms with Crippen LogP contribution in [0.3, 0.4) is 0 Å². The van der Waals surface area contributed by atoms with Crippen molar-refractivity contribution in [1.29, 1.82) is 0 Å². The molecule has 0 fully saturated rings. The first-order valence-corrected chi connectivity index (χ1v) is 19.6. The molecule has 9 aromatic rings. The Morgan fingerprint density at radius 2 is 1.34 bits per heavy atom. The van der Waals surface area contributed by atoms with Crippen LogP contribution in [-0.4, -0.2) is 14.8 Å². The van der Waals surface area contributed by atoms with Crippen LogP contribution in [-0.2, 0) is 12.8 Å². The molecule has 7 aromatic carbocycles. The molecule has 0 radical (unpaired) electrons. The molecule has 0 bridgehead atoms. The van der Waals surface area contributed by atoms with Crippen LogP contribution in [0.15, 0.2) is 175 Å². The minimum atomic E-state index is 0.765. The monoisotopic (exact) mass is 717 g/mol. The number of benzene rings is 7. The highest BCUT2D eigenvalue weighted by atomic mass is 15.0. The molecule has 3 heteroatoms. The van der Waals surface area contributed by atoms with Gasteiger partial charge in [0.25, 0.3) is 0 Å². The van der Waals surface area contributed by atoms with E-state index < -0.39 is 0 Å². The summed E-state index contributed by atoms with van der Waals surface area (Å²) in [5.74, 6) is 0. The fourth-order valence-corrected chi connectivity index (χ4v) is 9.34. The summed E-state index contributed by atoms with van der Waals surface area (Å²) in [6.07, 6.45) is 7.67. The maximum Gasteiger partial charge on any atom is 0.0633 e. The molecule has 11 rings (SSSR count). The Kier molecular flexibility index (Phi) is 7.43. The first-order valence-electron chi connectivity index (χ1n) is 19.6. The number of aliphatic imine (C=N–C) groups is 1. The molecule has 0 saturated carbocycles. The Morgan fingerprint density at radius 1 is 0.607 bits per heavy atom. The van der Waals surface area contributed by atoms with Gasteiger partial charge in [-0.3, -0.25) is 4.99 Å². The summed E-state index contributed by atoms with van der Waals surface area (Å²) in [5, 5.41) is 3.86. The van der Waals surface area contributed by atoms with Crippen molar-refractivity contribution in [3.8, 4) is 33.6 Å². The number of para-hydroxylation sites is 2. The van der Waals surface area contributed by atoms with Gasteiger partial charge in [-0.05, 0) is 107 Å². The first kappa shape index (κ1) is 32.5. The lowest BCUT2D eigenvalue weighted by atomic mass is 9.91. The van der Waals surface area contributed by atoms with E-state index in [9.17, 15) is 0 Å². The van der Waals surface area contributed by atoms with Gasteiger partial charge in [-0.1, -0.05) is 134 Å². The van der Waals surface area contributed by atoms with E-state index in [4.69, 9.17) is 4.99 Å². The third-order valence-corrected chi connectivity index (χ3v) is 11.9. The topological polar surface area (TPSA) is 22.2 Å². The van der Waals surface area contributed by atoms with Crippen molar-refractivity contribution in [1.82, 2.24) is 9.13 Å². The summed E-state index contributed by atoms with van der Waals surface area (Å²) in [7, 11) is 0. The van der Waals surface area contributed by atoms with Gasteiger partial charge in [0, 0.05) is 50.9 Å². The summed E-state index contributed by atoms with van der Waals surface area (Å²) in [6, 6.07) is 57.3. The van der Waals surface area contributed by atoms with E-state index in [2.05, 4.69) is 167 Å². The maximum atomic E-state index is 4.90. The average molecular weight is 718 g/mol. The average Bonchev–Trinajstić information content (AvgIpc) is 3.92. The molecule has 0 aliphatic heterocycles. The van der Waals surface area contributed by atoms with Gasteiger partial charge < -0.3 is 9.13 Å². The van der Waals surface area contributed by atoms with Crippen molar-refractivity contribution in [2.45, 2.75) is 26.2 Å². The summed E-state index contributed by atoms with van der Waals surface area (Å²) < 4.78 is 5.02. The summed E-state index contributed by atoms with van der Waals surface area (Å²) in [5.41, 5.74) is 20.7. The molecule has 266 valence electrons. The predicted octanol–water partition coefficient (Wildman–Crippen LogP) is 13.4. The molecule has 2 aliphatic rings. The zero-order valence-electron chi connectivity index (χ0n) is 31.3. The molecule has 2 heterocycles. The van der Waals surface area contributed by atoms with Gasteiger partial charge in [-0.2, -0.15) is 0 Å². The van der Waals surface area contributed by atoms with Crippen LogP contribution in [0.1, 0.15) is 46.9 Å². The molecular formula is C53H39N3. The van der Waals surface area contributed by atoms with Crippen LogP contribution in [0.5, 0.6) is 0 Å². The lowest BCUT2D eigenvalue weighted by Crippen LogP contribution is -2.04. The van der Waals surface area contributed by atoms with E-state index in [1.807, 2.05) is 25.1 Å². The van der Waals surface area contributed by atoms with Crippen LogP contribution in [0, 0.1) is 0 Å². The number of hydrogen-bond donors (Lipinski definition) is 0. The Hall–Kier alpha value is -6.97. The highest BCUT2D eigenvalue weighted by molar-refractivity contribution is 6.12. The van der Waals surface area contributed by atoms with E-state index in [-0.39, 0.29) is 0 Å². The van der Waals surface area contributed by atoms with Crippen molar-refractivity contribution in [3.63, 3.8) is 0 Å². The minimum Gasteiger partial charge on any atom is -0.313 e. The van der Waals surface area contributed by atoms with Gasteiger partial charge in [0.2, 0.25) is 0 Å². The second kappa shape index (κ2) is 12.8. The van der Waals surface area contributed by atoms with Gasteiger partial charge in [-0.25, -0.2) is 0 Å². The van der Waals surface area contributed by atoms with Crippen LogP contribution in [0.25, 0.3) is 78.1 Å². The molecule has 0 saturated heterocycles. The Bertz CT molecular complexity index is 3100. The third-order valence-electron chi connectivity index (χ3n) is 11.9. The predicted molar refractivity (Wildman–Crippen MR) is 236 cm³/mol. The van der Waals surface area contributed by atoms with Crippen molar-refractivity contribution < 1.29 is 0 Å². The molecule has 56 heavy (non-hydrogen) atoms. The molecule has 2 aliphatic carbocycles. The summed E-state index contributed by atoms with van der Waals surface area (Å²) >= 11 is 0.